The SMILES string of the molecule is CC(=O)OCC(OC(C)=O)C(OC(C)=O)C(OC(C)=O)C(CNC(=O)COc1ccc(Br)cc1)OC(C)=O. The summed E-state index contributed by atoms with van der Waals surface area (Å²) in [6, 6.07) is 6.71. The van der Waals surface area contributed by atoms with Gasteiger partial charge in [-0.3, -0.25) is 28.8 Å². The third-order valence-corrected chi connectivity index (χ3v) is 4.96. The van der Waals surface area contributed by atoms with Gasteiger partial charge in [0.15, 0.2) is 31.0 Å². The lowest BCUT2D eigenvalue weighted by molar-refractivity contribution is -0.202. The molecule has 1 aromatic rings. The molecule has 0 bridgehead atoms. The Morgan fingerprint density at radius 1 is 0.711 bits per heavy atom. The zero-order chi connectivity index (χ0) is 28.8. The molecule has 1 aromatic carbocycles. The van der Waals surface area contributed by atoms with E-state index in [0.717, 1.165) is 39.1 Å². The maximum absolute atomic E-state index is 12.4. The van der Waals surface area contributed by atoms with Gasteiger partial charge >= 0.3 is 29.8 Å². The predicted octanol–water partition coefficient (Wildman–Crippen LogP) is 1.23. The molecule has 210 valence electrons. The van der Waals surface area contributed by atoms with Crippen molar-refractivity contribution in [3.05, 3.63) is 28.7 Å². The van der Waals surface area contributed by atoms with Crippen LogP contribution in [0, 0.1) is 0 Å². The van der Waals surface area contributed by atoms with E-state index in [-0.39, 0.29) is 0 Å². The second kappa shape index (κ2) is 16.2. The van der Waals surface area contributed by atoms with Crippen LogP contribution in [0.5, 0.6) is 5.75 Å². The molecule has 13 nitrogen and oxygen atoms in total. The maximum atomic E-state index is 12.4. The van der Waals surface area contributed by atoms with Gasteiger partial charge in [0, 0.05) is 39.1 Å². The molecule has 4 unspecified atom stereocenters. The zero-order valence-electron chi connectivity index (χ0n) is 21.5. The van der Waals surface area contributed by atoms with E-state index in [4.69, 9.17) is 28.4 Å². The van der Waals surface area contributed by atoms with Crippen LogP contribution in [0.1, 0.15) is 34.6 Å². The van der Waals surface area contributed by atoms with E-state index in [1.165, 1.54) is 0 Å². The molecule has 38 heavy (non-hydrogen) atoms. The average Bonchev–Trinajstić information content (AvgIpc) is 2.80. The van der Waals surface area contributed by atoms with Crippen LogP contribution in [0.15, 0.2) is 28.7 Å². The Labute approximate surface area is 227 Å². The van der Waals surface area contributed by atoms with E-state index < -0.39 is 79.9 Å². The van der Waals surface area contributed by atoms with Crippen molar-refractivity contribution in [1.82, 2.24) is 5.32 Å². The average molecular weight is 604 g/mol. The van der Waals surface area contributed by atoms with Gasteiger partial charge < -0.3 is 33.7 Å². The van der Waals surface area contributed by atoms with Gasteiger partial charge in [0.25, 0.3) is 5.91 Å². The van der Waals surface area contributed by atoms with E-state index in [1.54, 1.807) is 24.3 Å². The van der Waals surface area contributed by atoms with Crippen molar-refractivity contribution >= 4 is 51.7 Å². The fraction of sp³-hybridized carbons (Fsp3) is 0.500. The molecule has 1 amide bonds. The number of hydrogen-bond acceptors (Lipinski definition) is 12. The van der Waals surface area contributed by atoms with Gasteiger partial charge in [0.1, 0.15) is 12.4 Å². The number of carbonyl (C=O) groups is 6. The smallest absolute Gasteiger partial charge is 0.303 e. The zero-order valence-corrected chi connectivity index (χ0v) is 23.1. The molecule has 0 saturated carbocycles. The molecule has 4 atom stereocenters. The topological polar surface area (TPSA) is 170 Å². The summed E-state index contributed by atoms with van der Waals surface area (Å²) in [4.78, 5) is 71.3. The minimum atomic E-state index is -1.60. The molecular formula is C24H30BrNO12. The Hall–Kier alpha value is -3.68. The van der Waals surface area contributed by atoms with Gasteiger partial charge in [-0.25, -0.2) is 0 Å². The van der Waals surface area contributed by atoms with Crippen molar-refractivity contribution < 1.29 is 57.2 Å². The summed E-state index contributed by atoms with van der Waals surface area (Å²) in [5.74, 6) is -4.33. The minimum Gasteiger partial charge on any atom is -0.484 e. The summed E-state index contributed by atoms with van der Waals surface area (Å²) in [6.45, 7) is 3.91. The second-order valence-electron chi connectivity index (χ2n) is 7.79. The summed E-state index contributed by atoms with van der Waals surface area (Å²) in [5, 5.41) is 2.49. The standard InChI is InChI=1S/C24H30BrNO12/c1-13(27)33-11-21(36-15(3)29)24(38-17(5)31)23(37-16(4)30)20(35-14(2)28)10-26-22(32)12-34-19-8-6-18(25)7-9-19/h6-9,20-21,23-24H,10-12H2,1-5H3,(H,26,32). The van der Waals surface area contributed by atoms with Crippen LogP contribution >= 0.6 is 15.9 Å². The molecule has 0 aliphatic carbocycles. The molecule has 0 saturated heterocycles. The molecule has 0 radical (unpaired) electrons. The summed E-state index contributed by atoms with van der Waals surface area (Å²) in [5.41, 5.74) is 0. The normalized spacial score (nSPS) is 13.5. The van der Waals surface area contributed by atoms with Crippen LogP contribution in [-0.2, 0) is 52.5 Å². The summed E-state index contributed by atoms with van der Waals surface area (Å²) in [7, 11) is 0. The number of rotatable bonds is 14. The highest BCUT2D eigenvalue weighted by Crippen LogP contribution is 2.20. The fourth-order valence-electron chi connectivity index (χ4n) is 3.08. The molecule has 0 heterocycles. The Morgan fingerprint density at radius 3 is 1.66 bits per heavy atom. The van der Waals surface area contributed by atoms with Crippen LogP contribution in [0.2, 0.25) is 0 Å². The van der Waals surface area contributed by atoms with Crippen molar-refractivity contribution in [2.24, 2.45) is 0 Å². The van der Waals surface area contributed by atoms with Gasteiger partial charge in [0.2, 0.25) is 0 Å². The second-order valence-corrected chi connectivity index (χ2v) is 8.71. The Balaban J connectivity index is 3.20. The third kappa shape index (κ3) is 13.0. The van der Waals surface area contributed by atoms with Gasteiger partial charge in [-0.05, 0) is 24.3 Å². The predicted molar refractivity (Wildman–Crippen MR) is 131 cm³/mol. The third-order valence-electron chi connectivity index (χ3n) is 4.43. The first-order valence-electron chi connectivity index (χ1n) is 11.3. The van der Waals surface area contributed by atoms with Crippen LogP contribution in [0.3, 0.4) is 0 Å². The monoisotopic (exact) mass is 603 g/mol. The minimum absolute atomic E-state index is 0.400. The van der Waals surface area contributed by atoms with Crippen LogP contribution in [0.25, 0.3) is 0 Å². The number of benzene rings is 1. The molecular weight excluding hydrogens is 574 g/mol. The lowest BCUT2D eigenvalue weighted by atomic mass is 10.0. The lowest BCUT2D eigenvalue weighted by Crippen LogP contribution is -2.55. The van der Waals surface area contributed by atoms with Crippen LogP contribution in [-0.4, -0.2) is 79.9 Å². The molecule has 0 spiro atoms. The molecule has 0 fully saturated rings. The summed E-state index contributed by atoms with van der Waals surface area (Å²) < 4.78 is 32.1. The number of halogens is 1. The van der Waals surface area contributed by atoms with Gasteiger partial charge in [-0.1, -0.05) is 15.9 Å². The first kappa shape index (κ1) is 32.3. The summed E-state index contributed by atoms with van der Waals surface area (Å²) >= 11 is 3.29. The number of esters is 5. The van der Waals surface area contributed by atoms with Crippen LogP contribution < -0.4 is 10.1 Å². The maximum Gasteiger partial charge on any atom is 0.303 e. The van der Waals surface area contributed by atoms with Crippen molar-refractivity contribution in [1.29, 1.82) is 0 Å². The number of amides is 1. The lowest BCUT2D eigenvalue weighted by Gasteiger charge is -2.35. The van der Waals surface area contributed by atoms with Crippen LogP contribution in [0.4, 0.5) is 0 Å². The Kier molecular flexibility index (Phi) is 13.8. The number of carbonyl (C=O) groups excluding carboxylic acids is 6. The van der Waals surface area contributed by atoms with E-state index in [0.29, 0.717) is 5.75 Å². The Morgan fingerprint density at radius 2 is 1.18 bits per heavy atom. The molecule has 14 heteroatoms. The quantitative estimate of drug-likeness (QED) is 0.238. The van der Waals surface area contributed by atoms with Crippen molar-refractivity contribution in [2.45, 2.75) is 59.0 Å². The number of nitrogens with one attached hydrogen (secondary N) is 1. The first-order valence-corrected chi connectivity index (χ1v) is 12.0. The first-order chi connectivity index (χ1) is 17.8. The summed E-state index contributed by atoms with van der Waals surface area (Å²) in [6.07, 6.45) is -6.07. The van der Waals surface area contributed by atoms with Crippen molar-refractivity contribution in [3.63, 3.8) is 0 Å². The van der Waals surface area contributed by atoms with Gasteiger partial charge in [-0.15, -0.1) is 0 Å². The molecule has 1 N–H and O–H groups in total. The van der Waals surface area contributed by atoms with E-state index in [9.17, 15) is 28.8 Å². The highest BCUT2D eigenvalue weighted by Gasteiger charge is 2.44. The fourth-order valence-corrected chi connectivity index (χ4v) is 3.35. The van der Waals surface area contributed by atoms with Crippen molar-refractivity contribution in [3.8, 4) is 5.75 Å². The molecule has 0 aliphatic heterocycles. The number of hydrogen-bond donors (Lipinski definition) is 1. The van der Waals surface area contributed by atoms with E-state index in [2.05, 4.69) is 21.2 Å². The molecule has 1 rings (SSSR count). The Bertz CT molecular complexity index is 997. The van der Waals surface area contributed by atoms with Gasteiger partial charge in [0.05, 0.1) is 6.54 Å². The van der Waals surface area contributed by atoms with E-state index in [1.807, 2.05) is 0 Å². The largest absolute Gasteiger partial charge is 0.484 e. The molecule has 0 aromatic heterocycles. The van der Waals surface area contributed by atoms with E-state index >= 15 is 0 Å². The van der Waals surface area contributed by atoms with Crippen molar-refractivity contribution in [2.75, 3.05) is 19.8 Å². The van der Waals surface area contributed by atoms with Gasteiger partial charge in [-0.2, -0.15) is 0 Å². The number of ether oxygens (including phenoxy) is 6. The highest BCUT2D eigenvalue weighted by molar-refractivity contribution is 9.10. The molecule has 0 aliphatic rings. The highest BCUT2D eigenvalue weighted by atomic mass is 79.9.